The molecule has 1 aliphatic rings. The summed E-state index contributed by atoms with van der Waals surface area (Å²) in [7, 11) is 0. The molecule has 1 amide bonds. The lowest BCUT2D eigenvalue weighted by atomic mass is 10.2. The van der Waals surface area contributed by atoms with E-state index in [0.29, 0.717) is 34.8 Å². The minimum absolute atomic E-state index is 0.0707. The maximum Gasteiger partial charge on any atom is 0.260 e. The van der Waals surface area contributed by atoms with E-state index in [1.54, 1.807) is 44.2 Å². The highest BCUT2D eigenvalue weighted by atomic mass is 16.5. The lowest BCUT2D eigenvalue weighted by molar-refractivity contribution is -0.127. The number of rotatable bonds is 7. The smallest absolute Gasteiger partial charge is 0.260 e. The van der Waals surface area contributed by atoms with Crippen LogP contribution in [0.4, 0.5) is 0 Å². The quantitative estimate of drug-likeness (QED) is 0.619. The maximum absolute atomic E-state index is 12.9. The molecule has 162 valence electrons. The standard InChI is InChI=1S/C24H25NO6/c1-15-23(31-17-7-4-3-5-8-17)22(26)20-11-10-18(13-21(20)30-15)29-16(2)24(27)25-14-19-9-6-12-28-19/h3-5,7-8,10-11,13,16,19H,6,9,12,14H2,1-2H3,(H,25,27). The summed E-state index contributed by atoms with van der Waals surface area (Å²) >= 11 is 0. The number of hydrogen-bond donors (Lipinski definition) is 1. The van der Waals surface area contributed by atoms with Crippen molar-refractivity contribution in [3.05, 3.63) is 64.5 Å². The Labute approximate surface area is 179 Å². The van der Waals surface area contributed by atoms with E-state index in [9.17, 15) is 9.59 Å². The summed E-state index contributed by atoms with van der Waals surface area (Å²) < 4.78 is 22.8. The van der Waals surface area contributed by atoms with Gasteiger partial charge in [0.15, 0.2) is 6.10 Å². The van der Waals surface area contributed by atoms with Crippen molar-refractivity contribution in [3.63, 3.8) is 0 Å². The summed E-state index contributed by atoms with van der Waals surface area (Å²) in [6, 6.07) is 13.9. The molecule has 31 heavy (non-hydrogen) atoms. The molecule has 2 heterocycles. The zero-order valence-corrected chi connectivity index (χ0v) is 17.6. The first-order valence-corrected chi connectivity index (χ1v) is 10.4. The molecule has 0 saturated carbocycles. The molecule has 7 heteroatoms. The molecule has 2 aromatic carbocycles. The van der Waals surface area contributed by atoms with Gasteiger partial charge in [0, 0.05) is 19.2 Å². The summed E-state index contributed by atoms with van der Waals surface area (Å²) in [5.74, 6) is 1.28. The summed E-state index contributed by atoms with van der Waals surface area (Å²) in [6.07, 6.45) is 1.34. The zero-order chi connectivity index (χ0) is 21.8. The first-order chi connectivity index (χ1) is 15.0. The second kappa shape index (κ2) is 9.22. The van der Waals surface area contributed by atoms with Gasteiger partial charge in [-0.2, -0.15) is 0 Å². The van der Waals surface area contributed by atoms with Crippen LogP contribution in [0.3, 0.4) is 0 Å². The van der Waals surface area contributed by atoms with Gasteiger partial charge in [0.2, 0.25) is 11.2 Å². The van der Waals surface area contributed by atoms with E-state index in [-0.39, 0.29) is 23.2 Å². The van der Waals surface area contributed by atoms with Crippen LogP contribution in [0.2, 0.25) is 0 Å². The van der Waals surface area contributed by atoms with Gasteiger partial charge in [-0.1, -0.05) is 18.2 Å². The molecule has 3 aromatic rings. The van der Waals surface area contributed by atoms with E-state index in [4.69, 9.17) is 18.6 Å². The fraction of sp³-hybridized carbons (Fsp3) is 0.333. The van der Waals surface area contributed by atoms with E-state index < -0.39 is 6.10 Å². The van der Waals surface area contributed by atoms with Crippen LogP contribution in [0.25, 0.3) is 11.0 Å². The monoisotopic (exact) mass is 423 g/mol. The van der Waals surface area contributed by atoms with Crippen molar-refractivity contribution in [2.24, 2.45) is 0 Å². The summed E-state index contributed by atoms with van der Waals surface area (Å²) in [6.45, 7) is 4.57. The first-order valence-electron chi connectivity index (χ1n) is 10.4. The fourth-order valence-electron chi connectivity index (χ4n) is 3.49. The molecule has 1 aliphatic heterocycles. The van der Waals surface area contributed by atoms with Crippen molar-refractivity contribution in [3.8, 4) is 17.2 Å². The Bertz CT molecular complexity index is 1120. The molecular formula is C24H25NO6. The highest BCUT2D eigenvalue weighted by molar-refractivity contribution is 5.82. The number of amides is 1. The lowest BCUT2D eigenvalue weighted by Gasteiger charge is -2.17. The van der Waals surface area contributed by atoms with Crippen molar-refractivity contribution in [2.75, 3.05) is 13.2 Å². The summed E-state index contributed by atoms with van der Waals surface area (Å²) in [4.78, 5) is 25.2. The average Bonchev–Trinajstić information content (AvgIpc) is 3.29. The van der Waals surface area contributed by atoms with E-state index >= 15 is 0 Å². The number of carbonyl (C=O) groups is 1. The predicted octanol–water partition coefficient (Wildman–Crippen LogP) is 3.96. The van der Waals surface area contributed by atoms with E-state index in [2.05, 4.69) is 5.32 Å². The van der Waals surface area contributed by atoms with Crippen LogP contribution in [0.15, 0.2) is 57.7 Å². The lowest BCUT2D eigenvalue weighted by Crippen LogP contribution is -2.40. The Morgan fingerprint density at radius 3 is 2.74 bits per heavy atom. The highest BCUT2D eigenvalue weighted by Gasteiger charge is 2.20. The van der Waals surface area contributed by atoms with Gasteiger partial charge < -0.3 is 23.9 Å². The molecule has 2 atom stereocenters. The second-order valence-electron chi connectivity index (χ2n) is 7.53. The normalized spacial score (nSPS) is 16.8. The predicted molar refractivity (Wildman–Crippen MR) is 116 cm³/mol. The molecule has 0 bridgehead atoms. The van der Waals surface area contributed by atoms with Gasteiger partial charge in [-0.05, 0) is 51.0 Å². The van der Waals surface area contributed by atoms with Crippen LogP contribution in [0.5, 0.6) is 17.2 Å². The number of benzene rings is 2. The van der Waals surface area contributed by atoms with Crippen LogP contribution < -0.4 is 20.2 Å². The molecule has 0 radical (unpaired) electrons. The third-order valence-corrected chi connectivity index (χ3v) is 5.16. The van der Waals surface area contributed by atoms with Gasteiger partial charge in [0.25, 0.3) is 5.91 Å². The largest absolute Gasteiger partial charge is 0.481 e. The summed E-state index contributed by atoms with van der Waals surface area (Å²) in [5.41, 5.74) is 0.101. The van der Waals surface area contributed by atoms with Crippen molar-refractivity contribution < 1.29 is 23.4 Å². The Morgan fingerprint density at radius 2 is 2.00 bits per heavy atom. The molecule has 0 aliphatic carbocycles. The van der Waals surface area contributed by atoms with Crippen LogP contribution in [-0.2, 0) is 9.53 Å². The molecule has 1 aromatic heterocycles. The SMILES string of the molecule is Cc1oc2cc(OC(C)C(=O)NCC3CCCO3)ccc2c(=O)c1Oc1ccccc1. The molecule has 1 saturated heterocycles. The fourth-order valence-corrected chi connectivity index (χ4v) is 3.49. The molecule has 0 spiro atoms. The third kappa shape index (κ3) is 4.88. The van der Waals surface area contributed by atoms with E-state index in [1.807, 2.05) is 18.2 Å². The Balaban J connectivity index is 1.48. The number of nitrogens with one attached hydrogen (secondary N) is 1. The van der Waals surface area contributed by atoms with Gasteiger partial charge >= 0.3 is 0 Å². The first kappa shape index (κ1) is 20.9. The highest BCUT2D eigenvalue weighted by Crippen LogP contribution is 2.27. The number of fused-ring (bicyclic) bond motifs is 1. The van der Waals surface area contributed by atoms with Gasteiger partial charge in [-0.3, -0.25) is 9.59 Å². The molecular weight excluding hydrogens is 398 g/mol. The molecule has 2 unspecified atom stereocenters. The Hall–Kier alpha value is -3.32. The number of para-hydroxylation sites is 1. The van der Waals surface area contributed by atoms with Crippen molar-refractivity contribution in [1.29, 1.82) is 0 Å². The van der Waals surface area contributed by atoms with Crippen LogP contribution >= 0.6 is 0 Å². The van der Waals surface area contributed by atoms with Crippen molar-refractivity contribution in [2.45, 2.75) is 38.9 Å². The Kier molecular flexibility index (Phi) is 6.23. The number of ether oxygens (including phenoxy) is 3. The number of aryl methyl sites for hydroxylation is 1. The number of hydrogen-bond acceptors (Lipinski definition) is 6. The maximum atomic E-state index is 12.9. The van der Waals surface area contributed by atoms with Crippen LogP contribution in [0, 0.1) is 6.92 Å². The molecule has 1 fully saturated rings. The van der Waals surface area contributed by atoms with Gasteiger partial charge in [-0.15, -0.1) is 0 Å². The minimum Gasteiger partial charge on any atom is -0.481 e. The van der Waals surface area contributed by atoms with Crippen molar-refractivity contribution in [1.82, 2.24) is 5.32 Å². The topological polar surface area (TPSA) is 87.0 Å². The van der Waals surface area contributed by atoms with E-state index in [0.717, 1.165) is 19.4 Å². The van der Waals surface area contributed by atoms with Gasteiger partial charge in [0.05, 0.1) is 11.5 Å². The van der Waals surface area contributed by atoms with Crippen molar-refractivity contribution >= 4 is 16.9 Å². The number of carbonyl (C=O) groups excluding carboxylic acids is 1. The minimum atomic E-state index is -0.702. The average molecular weight is 423 g/mol. The molecule has 4 rings (SSSR count). The third-order valence-electron chi connectivity index (χ3n) is 5.16. The van der Waals surface area contributed by atoms with Crippen LogP contribution in [0.1, 0.15) is 25.5 Å². The Morgan fingerprint density at radius 1 is 1.19 bits per heavy atom. The summed E-state index contributed by atoms with van der Waals surface area (Å²) in [5, 5.41) is 3.23. The van der Waals surface area contributed by atoms with Gasteiger partial charge in [-0.25, -0.2) is 0 Å². The second-order valence-corrected chi connectivity index (χ2v) is 7.53. The zero-order valence-electron chi connectivity index (χ0n) is 17.6. The van der Waals surface area contributed by atoms with E-state index in [1.165, 1.54) is 0 Å². The van der Waals surface area contributed by atoms with Gasteiger partial charge in [0.1, 0.15) is 22.8 Å². The van der Waals surface area contributed by atoms with Crippen LogP contribution in [-0.4, -0.2) is 31.3 Å². The molecule has 1 N–H and O–H groups in total. The molecule has 7 nitrogen and oxygen atoms in total.